The van der Waals surface area contributed by atoms with Crippen LogP contribution in [0.25, 0.3) is 0 Å². The van der Waals surface area contributed by atoms with Crippen LogP contribution in [0.2, 0.25) is 0 Å². The van der Waals surface area contributed by atoms with Crippen molar-refractivity contribution in [1.29, 1.82) is 0 Å². The van der Waals surface area contributed by atoms with E-state index in [9.17, 15) is 5.11 Å². The van der Waals surface area contributed by atoms with Crippen LogP contribution in [0.15, 0.2) is 30.3 Å². The van der Waals surface area contributed by atoms with Crippen LogP contribution in [0, 0.1) is 5.92 Å². The highest BCUT2D eigenvalue weighted by Gasteiger charge is 2.46. The Hall–Kier alpha value is -0.900. The molecule has 2 fully saturated rings. The first-order chi connectivity index (χ1) is 11.1. The summed E-state index contributed by atoms with van der Waals surface area (Å²) in [5.74, 6) is 0.641. The largest absolute Gasteiger partial charge is 0.390 e. The molecule has 0 radical (unpaired) electrons. The molecule has 2 bridgehead atoms. The van der Waals surface area contributed by atoms with E-state index in [1.54, 1.807) is 0 Å². The Kier molecular flexibility index (Phi) is 5.40. The smallest absolute Gasteiger partial charge is 0.0682 e. The number of nitrogens with zero attached hydrogens (tertiary/aromatic N) is 1. The molecule has 1 aromatic rings. The molecule has 2 heterocycles. The summed E-state index contributed by atoms with van der Waals surface area (Å²) in [6, 6.07) is 11.4. The molecule has 3 heteroatoms. The zero-order valence-corrected chi connectivity index (χ0v) is 14.6. The van der Waals surface area contributed by atoms with Gasteiger partial charge in [0.2, 0.25) is 0 Å². The number of fused-ring (bicyclic) bond motifs is 2. The number of piperidine rings is 1. The summed E-state index contributed by atoms with van der Waals surface area (Å²) in [6.07, 6.45) is 4.99. The highest BCUT2D eigenvalue weighted by atomic mass is 16.5. The van der Waals surface area contributed by atoms with Crippen LogP contribution in [0.5, 0.6) is 0 Å². The molecular weight excluding hydrogens is 286 g/mol. The number of ether oxygens (including phenoxy) is 1. The Bertz CT molecular complexity index is 472. The fourth-order valence-corrected chi connectivity index (χ4v) is 4.48. The van der Waals surface area contributed by atoms with Gasteiger partial charge in [-0.05, 0) is 30.7 Å². The molecule has 0 spiro atoms. The van der Waals surface area contributed by atoms with Crippen molar-refractivity contribution in [2.24, 2.45) is 5.92 Å². The van der Waals surface area contributed by atoms with Crippen molar-refractivity contribution in [2.45, 2.75) is 70.2 Å². The molecule has 2 unspecified atom stereocenters. The third-order valence-corrected chi connectivity index (χ3v) is 5.82. The standard InChI is InChI=1S/C20H31NO2/c1-3-16(4-2)10-20(22)11-18-14-23-15-19(12-20)21(18)13-17-8-6-5-7-9-17/h5-9,16,18-19,22H,3-4,10-15H2,1-2H3. The quantitative estimate of drug-likeness (QED) is 0.870. The van der Waals surface area contributed by atoms with E-state index in [0.29, 0.717) is 18.0 Å². The van der Waals surface area contributed by atoms with Gasteiger partial charge in [0.1, 0.15) is 0 Å². The van der Waals surface area contributed by atoms with E-state index in [1.165, 1.54) is 18.4 Å². The summed E-state index contributed by atoms with van der Waals surface area (Å²) in [4.78, 5) is 2.57. The number of hydrogen-bond donors (Lipinski definition) is 1. The Labute approximate surface area is 140 Å². The first kappa shape index (κ1) is 16.9. The van der Waals surface area contributed by atoms with Crippen LogP contribution in [0.4, 0.5) is 0 Å². The van der Waals surface area contributed by atoms with Gasteiger partial charge in [0.05, 0.1) is 18.8 Å². The Morgan fingerprint density at radius 2 is 1.74 bits per heavy atom. The van der Waals surface area contributed by atoms with Crippen molar-refractivity contribution in [3.8, 4) is 0 Å². The molecule has 0 aromatic heterocycles. The molecule has 128 valence electrons. The van der Waals surface area contributed by atoms with Gasteiger partial charge >= 0.3 is 0 Å². The summed E-state index contributed by atoms with van der Waals surface area (Å²) in [6.45, 7) is 6.97. The van der Waals surface area contributed by atoms with Crippen LogP contribution in [-0.2, 0) is 11.3 Å². The van der Waals surface area contributed by atoms with Crippen molar-refractivity contribution >= 4 is 0 Å². The maximum Gasteiger partial charge on any atom is 0.0682 e. The van der Waals surface area contributed by atoms with Crippen LogP contribution in [-0.4, -0.2) is 40.9 Å². The summed E-state index contributed by atoms with van der Waals surface area (Å²) in [7, 11) is 0. The molecule has 1 aromatic carbocycles. The number of benzene rings is 1. The van der Waals surface area contributed by atoms with E-state index in [-0.39, 0.29) is 0 Å². The molecule has 0 aliphatic carbocycles. The van der Waals surface area contributed by atoms with Gasteiger partial charge in [-0.1, -0.05) is 57.0 Å². The SMILES string of the molecule is CCC(CC)CC1(O)CC2COCC(C1)N2Cc1ccccc1. The molecule has 23 heavy (non-hydrogen) atoms. The molecule has 3 nitrogen and oxygen atoms in total. The van der Waals surface area contributed by atoms with Gasteiger partial charge < -0.3 is 9.84 Å². The molecule has 1 N–H and O–H groups in total. The molecular formula is C20H31NO2. The van der Waals surface area contributed by atoms with Crippen molar-refractivity contribution in [3.05, 3.63) is 35.9 Å². The second kappa shape index (κ2) is 7.33. The first-order valence-corrected chi connectivity index (χ1v) is 9.23. The van der Waals surface area contributed by atoms with Crippen molar-refractivity contribution in [1.82, 2.24) is 4.90 Å². The zero-order chi connectivity index (χ0) is 16.3. The summed E-state index contributed by atoms with van der Waals surface area (Å²) >= 11 is 0. The van der Waals surface area contributed by atoms with Gasteiger partial charge in [0.25, 0.3) is 0 Å². The first-order valence-electron chi connectivity index (χ1n) is 9.23. The lowest BCUT2D eigenvalue weighted by Crippen LogP contribution is -2.61. The molecule has 0 amide bonds. The Morgan fingerprint density at radius 1 is 1.13 bits per heavy atom. The average molecular weight is 317 g/mol. The fraction of sp³-hybridized carbons (Fsp3) is 0.700. The molecule has 2 saturated heterocycles. The van der Waals surface area contributed by atoms with Gasteiger partial charge in [-0.15, -0.1) is 0 Å². The average Bonchev–Trinajstić information content (AvgIpc) is 2.55. The predicted octanol–water partition coefficient (Wildman–Crippen LogP) is 3.61. The fourth-order valence-electron chi connectivity index (χ4n) is 4.48. The number of rotatable bonds is 6. The molecule has 2 aliphatic heterocycles. The normalized spacial score (nSPS) is 31.5. The van der Waals surface area contributed by atoms with E-state index in [0.717, 1.165) is 39.0 Å². The minimum absolute atomic E-state index is 0.349. The van der Waals surface area contributed by atoms with E-state index in [2.05, 4.69) is 49.1 Å². The number of aliphatic hydroxyl groups is 1. The number of hydrogen-bond acceptors (Lipinski definition) is 3. The van der Waals surface area contributed by atoms with Crippen molar-refractivity contribution in [2.75, 3.05) is 13.2 Å². The van der Waals surface area contributed by atoms with Crippen LogP contribution in [0.3, 0.4) is 0 Å². The highest BCUT2D eigenvalue weighted by molar-refractivity contribution is 5.15. The lowest BCUT2D eigenvalue weighted by atomic mass is 9.75. The molecule has 2 atom stereocenters. The van der Waals surface area contributed by atoms with Gasteiger partial charge in [-0.25, -0.2) is 0 Å². The summed E-state index contributed by atoms with van der Waals surface area (Å²) < 4.78 is 5.80. The van der Waals surface area contributed by atoms with Crippen molar-refractivity contribution < 1.29 is 9.84 Å². The van der Waals surface area contributed by atoms with Crippen LogP contribution >= 0.6 is 0 Å². The topological polar surface area (TPSA) is 32.7 Å². The molecule has 0 saturated carbocycles. The van der Waals surface area contributed by atoms with Crippen LogP contribution < -0.4 is 0 Å². The zero-order valence-electron chi connectivity index (χ0n) is 14.6. The highest BCUT2D eigenvalue weighted by Crippen LogP contribution is 2.39. The predicted molar refractivity (Wildman–Crippen MR) is 93.3 cm³/mol. The minimum Gasteiger partial charge on any atom is -0.390 e. The second-order valence-electron chi connectivity index (χ2n) is 7.52. The minimum atomic E-state index is -0.497. The van der Waals surface area contributed by atoms with E-state index >= 15 is 0 Å². The lowest BCUT2D eigenvalue weighted by molar-refractivity contribution is -0.152. The van der Waals surface area contributed by atoms with Gasteiger partial charge in [0.15, 0.2) is 0 Å². The summed E-state index contributed by atoms with van der Waals surface area (Å²) in [5, 5.41) is 11.2. The van der Waals surface area contributed by atoms with Gasteiger partial charge in [-0.2, -0.15) is 0 Å². The second-order valence-corrected chi connectivity index (χ2v) is 7.52. The Balaban J connectivity index is 1.70. The monoisotopic (exact) mass is 317 g/mol. The van der Waals surface area contributed by atoms with Gasteiger partial charge in [0, 0.05) is 18.6 Å². The van der Waals surface area contributed by atoms with E-state index < -0.39 is 5.60 Å². The lowest BCUT2D eigenvalue weighted by Gasteiger charge is -2.52. The van der Waals surface area contributed by atoms with E-state index in [1.807, 2.05) is 0 Å². The van der Waals surface area contributed by atoms with Gasteiger partial charge in [-0.3, -0.25) is 4.90 Å². The van der Waals surface area contributed by atoms with E-state index in [4.69, 9.17) is 4.74 Å². The third-order valence-electron chi connectivity index (χ3n) is 5.82. The Morgan fingerprint density at radius 3 is 2.30 bits per heavy atom. The third kappa shape index (κ3) is 3.96. The van der Waals surface area contributed by atoms with Crippen molar-refractivity contribution in [3.63, 3.8) is 0 Å². The maximum atomic E-state index is 11.2. The van der Waals surface area contributed by atoms with Crippen LogP contribution in [0.1, 0.15) is 51.5 Å². The number of morpholine rings is 1. The summed E-state index contributed by atoms with van der Waals surface area (Å²) in [5.41, 5.74) is 0.859. The molecule has 2 aliphatic rings. The maximum absolute atomic E-state index is 11.2. The molecule has 3 rings (SSSR count).